The number of nitrogens with one attached hydrogen (secondary N) is 1. The van der Waals surface area contributed by atoms with Crippen molar-refractivity contribution >= 4 is 23.7 Å². The number of fused-ring (bicyclic) bond motifs is 1. The number of aromatic nitrogens is 3. The number of methoxy groups -OCH3 is 1. The van der Waals surface area contributed by atoms with Gasteiger partial charge in [0.05, 0.1) is 19.3 Å². The van der Waals surface area contributed by atoms with E-state index in [-0.39, 0.29) is 6.61 Å². The molecule has 0 amide bonds. The van der Waals surface area contributed by atoms with Crippen LogP contribution in [0.25, 0.3) is 0 Å². The number of rotatable bonds is 14. The van der Waals surface area contributed by atoms with Crippen LogP contribution in [0.5, 0.6) is 11.5 Å². The number of carbonyl (C=O) groups is 1. The molecule has 1 N–H and O–H groups in total. The summed E-state index contributed by atoms with van der Waals surface area (Å²) in [6.45, 7) is 7.00. The number of unbranched alkanes of at least 4 members (excludes halogenated alkanes) is 3. The minimum atomic E-state index is -0.541. The molecule has 2 aromatic carbocycles. The van der Waals surface area contributed by atoms with E-state index in [2.05, 4.69) is 19.2 Å². The lowest BCUT2D eigenvalue weighted by atomic mass is 9.95. The first-order valence-corrected chi connectivity index (χ1v) is 14.6. The number of carbonyl (C=O) groups excluding carboxylic acids is 1. The van der Waals surface area contributed by atoms with E-state index in [1.807, 2.05) is 55.5 Å². The first-order chi connectivity index (χ1) is 19.0. The van der Waals surface area contributed by atoms with Gasteiger partial charge in [-0.3, -0.25) is 0 Å². The van der Waals surface area contributed by atoms with Crippen molar-refractivity contribution in [2.75, 3.05) is 24.8 Å². The Hall–Kier alpha value is -3.46. The van der Waals surface area contributed by atoms with E-state index in [0.29, 0.717) is 40.5 Å². The van der Waals surface area contributed by atoms with Crippen molar-refractivity contribution in [1.29, 1.82) is 0 Å². The Morgan fingerprint density at radius 3 is 2.59 bits per heavy atom. The van der Waals surface area contributed by atoms with E-state index in [1.54, 1.807) is 23.6 Å². The summed E-state index contributed by atoms with van der Waals surface area (Å²) in [6.07, 6.45) is 5.41. The van der Waals surface area contributed by atoms with E-state index in [4.69, 9.17) is 24.3 Å². The third-order valence-corrected chi connectivity index (χ3v) is 7.43. The van der Waals surface area contributed by atoms with E-state index < -0.39 is 12.0 Å². The van der Waals surface area contributed by atoms with Crippen LogP contribution in [-0.4, -0.2) is 40.2 Å². The molecule has 208 valence electrons. The molecular weight excluding hydrogens is 512 g/mol. The molecule has 4 rings (SSSR count). The number of hydrogen-bond donors (Lipinski definition) is 1. The van der Waals surface area contributed by atoms with Crippen LogP contribution in [0.1, 0.15) is 70.0 Å². The largest absolute Gasteiger partial charge is 0.493 e. The third kappa shape index (κ3) is 7.15. The van der Waals surface area contributed by atoms with Gasteiger partial charge in [0.2, 0.25) is 11.1 Å². The monoisotopic (exact) mass is 550 g/mol. The Labute approximate surface area is 235 Å². The van der Waals surface area contributed by atoms with Crippen molar-refractivity contribution in [3.8, 4) is 11.5 Å². The SMILES string of the molecule is CCCCCOc1ccc(C2C(C(=O)OCc3ccccc3)=C(C)Nc3nc(SCCCC)nn32)cc1OC. The van der Waals surface area contributed by atoms with Gasteiger partial charge in [0, 0.05) is 11.4 Å². The van der Waals surface area contributed by atoms with E-state index in [1.165, 1.54) is 0 Å². The lowest BCUT2D eigenvalue weighted by Gasteiger charge is -2.28. The summed E-state index contributed by atoms with van der Waals surface area (Å²) < 4.78 is 19.3. The fraction of sp³-hybridized carbons (Fsp3) is 0.433. The van der Waals surface area contributed by atoms with E-state index in [9.17, 15) is 4.79 Å². The molecule has 0 fully saturated rings. The second-order valence-corrected chi connectivity index (χ2v) is 10.5. The molecule has 39 heavy (non-hydrogen) atoms. The van der Waals surface area contributed by atoms with E-state index >= 15 is 0 Å². The van der Waals surface area contributed by atoms with Crippen molar-refractivity contribution in [3.05, 3.63) is 70.9 Å². The fourth-order valence-corrected chi connectivity index (χ4v) is 5.29. The van der Waals surface area contributed by atoms with Crippen LogP contribution in [0, 0.1) is 0 Å². The first kappa shape index (κ1) is 28.5. The number of benzene rings is 2. The molecule has 1 aliphatic heterocycles. The molecule has 0 aliphatic carbocycles. The molecule has 0 bridgehead atoms. The topological polar surface area (TPSA) is 87.5 Å². The maximum atomic E-state index is 13.6. The Morgan fingerprint density at radius 1 is 1.05 bits per heavy atom. The highest BCUT2D eigenvalue weighted by atomic mass is 32.2. The molecule has 0 saturated carbocycles. The smallest absolute Gasteiger partial charge is 0.338 e. The van der Waals surface area contributed by atoms with Crippen molar-refractivity contribution in [1.82, 2.24) is 14.8 Å². The molecule has 8 nitrogen and oxygen atoms in total. The zero-order chi connectivity index (χ0) is 27.6. The number of hydrogen-bond acceptors (Lipinski definition) is 8. The van der Waals surface area contributed by atoms with E-state index in [0.717, 1.165) is 49.0 Å². The van der Waals surface area contributed by atoms with Gasteiger partial charge in [0.1, 0.15) is 12.6 Å². The Balaban J connectivity index is 1.67. The summed E-state index contributed by atoms with van der Waals surface area (Å²) in [6, 6.07) is 14.9. The number of thioether (sulfide) groups is 1. The number of esters is 1. The zero-order valence-electron chi connectivity index (χ0n) is 23.2. The van der Waals surface area contributed by atoms with Crippen LogP contribution in [-0.2, 0) is 16.1 Å². The van der Waals surface area contributed by atoms with Gasteiger partial charge in [-0.15, -0.1) is 5.10 Å². The van der Waals surface area contributed by atoms with Gasteiger partial charge in [0.25, 0.3) is 0 Å². The Bertz CT molecular complexity index is 1280. The van der Waals surface area contributed by atoms with Gasteiger partial charge in [-0.05, 0) is 43.0 Å². The summed E-state index contributed by atoms with van der Waals surface area (Å²) in [5, 5.41) is 8.76. The lowest BCUT2D eigenvalue weighted by Crippen LogP contribution is -2.29. The highest BCUT2D eigenvalue weighted by Gasteiger charge is 2.36. The maximum absolute atomic E-state index is 13.6. The van der Waals surface area contributed by atoms with Gasteiger partial charge < -0.3 is 19.5 Å². The van der Waals surface area contributed by atoms with Gasteiger partial charge >= 0.3 is 5.97 Å². The highest BCUT2D eigenvalue weighted by molar-refractivity contribution is 7.99. The van der Waals surface area contributed by atoms with Crippen molar-refractivity contribution in [3.63, 3.8) is 0 Å². The maximum Gasteiger partial charge on any atom is 0.338 e. The molecule has 0 radical (unpaired) electrons. The number of allylic oxidation sites excluding steroid dienone is 1. The highest BCUT2D eigenvalue weighted by Crippen LogP contribution is 2.40. The minimum absolute atomic E-state index is 0.180. The second kappa shape index (κ2) is 14.1. The minimum Gasteiger partial charge on any atom is -0.493 e. The van der Waals surface area contributed by atoms with Crippen LogP contribution >= 0.6 is 11.8 Å². The second-order valence-electron chi connectivity index (χ2n) is 9.46. The van der Waals surface area contributed by atoms with Crippen LogP contribution in [0.3, 0.4) is 0 Å². The Kier molecular flexibility index (Phi) is 10.3. The van der Waals surface area contributed by atoms with Crippen LogP contribution in [0.2, 0.25) is 0 Å². The zero-order valence-corrected chi connectivity index (χ0v) is 24.1. The number of ether oxygens (including phenoxy) is 3. The summed E-state index contributed by atoms with van der Waals surface area (Å²) >= 11 is 1.61. The summed E-state index contributed by atoms with van der Waals surface area (Å²) in [5.74, 6) is 2.40. The quantitative estimate of drug-likeness (QED) is 0.134. The molecule has 2 heterocycles. The average Bonchev–Trinajstić information content (AvgIpc) is 3.36. The molecule has 0 saturated heterocycles. The summed E-state index contributed by atoms with van der Waals surface area (Å²) in [4.78, 5) is 18.3. The molecule has 0 spiro atoms. The lowest BCUT2D eigenvalue weighted by molar-refractivity contribution is -0.140. The summed E-state index contributed by atoms with van der Waals surface area (Å²) in [7, 11) is 1.62. The summed E-state index contributed by atoms with van der Waals surface area (Å²) in [5.41, 5.74) is 2.91. The Morgan fingerprint density at radius 2 is 1.85 bits per heavy atom. The molecular formula is C30H38N4O4S. The van der Waals surface area contributed by atoms with Crippen LogP contribution in [0.15, 0.2) is 65.0 Å². The third-order valence-electron chi connectivity index (χ3n) is 6.50. The van der Waals surface area contributed by atoms with Crippen LogP contribution in [0.4, 0.5) is 5.95 Å². The van der Waals surface area contributed by atoms with Crippen molar-refractivity contribution < 1.29 is 19.0 Å². The molecule has 3 aromatic rings. The van der Waals surface area contributed by atoms with Crippen molar-refractivity contribution in [2.24, 2.45) is 0 Å². The molecule has 1 aromatic heterocycles. The normalized spacial score (nSPS) is 14.5. The average molecular weight is 551 g/mol. The fourth-order valence-electron chi connectivity index (χ4n) is 4.38. The molecule has 1 aliphatic rings. The number of nitrogens with zero attached hydrogens (tertiary/aromatic N) is 3. The molecule has 9 heteroatoms. The molecule has 1 atom stereocenters. The standard InChI is InChI=1S/C30H38N4O4S/c1-5-7-12-17-37-24-16-15-23(19-25(24)36-4)27-26(28(35)38-20-22-13-10-9-11-14-22)21(3)31-29-32-30(33-34(27)29)39-18-8-6-2/h9-11,13-16,19,27H,5-8,12,17-18,20H2,1-4H3,(H,31,32,33). The van der Waals surface area contributed by atoms with Crippen molar-refractivity contribution in [2.45, 2.75) is 70.7 Å². The first-order valence-electron chi connectivity index (χ1n) is 13.6. The predicted molar refractivity (Wildman–Crippen MR) is 154 cm³/mol. The number of anilines is 1. The van der Waals surface area contributed by atoms with Gasteiger partial charge in [-0.25, -0.2) is 9.48 Å². The molecule has 1 unspecified atom stereocenters. The van der Waals surface area contributed by atoms with Gasteiger partial charge in [-0.2, -0.15) is 4.98 Å². The van der Waals surface area contributed by atoms with Gasteiger partial charge in [-0.1, -0.05) is 81.3 Å². The van der Waals surface area contributed by atoms with Crippen LogP contribution < -0.4 is 14.8 Å². The predicted octanol–water partition coefficient (Wildman–Crippen LogP) is 6.78. The van der Waals surface area contributed by atoms with Gasteiger partial charge in [0.15, 0.2) is 11.5 Å².